The van der Waals surface area contributed by atoms with Crippen LogP contribution in [-0.4, -0.2) is 98.3 Å². The number of methoxy groups -OCH3 is 2. The first-order chi connectivity index (χ1) is 34.1. The molecule has 2 aliphatic carbocycles. The lowest BCUT2D eigenvalue weighted by Gasteiger charge is -2.35. The zero-order valence-corrected chi connectivity index (χ0v) is 41.6. The van der Waals surface area contributed by atoms with Crippen LogP contribution in [0.15, 0.2) is 64.2 Å². The first-order valence-corrected chi connectivity index (χ1v) is 25.0. The maximum Gasteiger partial charge on any atom is 0.407 e. The predicted octanol–water partition coefficient (Wildman–Crippen LogP) is 8.93. The van der Waals surface area contributed by atoms with Gasteiger partial charge in [0.2, 0.25) is 11.8 Å². The van der Waals surface area contributed by atoms with E-state index >= 15 is 0 Å². The number of hydrogen-bond acceptors (Lipinski definition) is 11. The molecule has 71 heavy (non-hydrogen) atoms. The molecular weight excluding hydrogens is 903 g/mol. The third-order valence-corrected chi connectivity index (χ3v) is 15.6. The second kappa shape index (κ2) is 18.6. The average molecular weight is 966 g/mol. The Bertz CT molecular complexity index is 3120. The van der Waals surface area contributed by atoms with Crippen LogP contribution in [0.3, 0.4) is 0 Å². The van der Waals surface area contributed by atoms with E-state index in [9.17, 15) is 24.0 Å². The largest absolute Gasteiger partial charge is 0.453 e. The van der Waals surface area contributed by atoms with Gasteiger partial charge in [-0.05, 0) is 120 Å². The number of aromatic nitrogens is 5. The zero-order valence-electron chi connectivity index (χ0n) is 41.6. The Morgan fingerprint density at radius 1 is 0.761 bits per heavy atom. The molecule has 2 aliphatic heterocycles. The lowest BCUT2D eigenvalue weighted by atomic mass is 9.82. The van der Waals surface area contributed by atoms with Crippen molar-refractivity contribution in [2.24, 2.45) is 16.7 Å². The molecule has 10 rings (SSSR count). The average Bonchev–Trinajstić information content (AvgIpc) is 4.22. The van der Waals surface area contributed by atoms with E-state index in [1.807, 2.05) is 52.8 Å². The van der Waals surface area contributed by atoms with Crippen molar-refractivity contribution in [3.05, 3.63) is 88.0 Å². The standard InChI is InChI=1S/C54H63N9O8/c1-29(2)43(59-51(67)69-6)49(65)62-22-10-12-41(62)46-55-28-40(58-46)34-18-17-33(38-27-56-71-44(34)38)32-16-15-31(36-25-54(26-37(32)36)20-8-9-21-54)30-14-19-39-35(24-30)48(64)61-47(57-39)42-13-11-23-63(42)50(66)45(53(3,4)5)60-52(68)70-7/h14-19,24,27-29,41-43,45H,8-13,20-23,25-26H2,1-7H3,(H,55,58)(H,59,67)(H,60,68)(H,57,61,64). The van der Waals surface area contributed by atoms with Gasteiger partial charge >= 0.3 is 12.2 Å². The Morgan fingerprint density at radius 2 is 1.39 bits per heavy atom. The van der Waals surface area contributed by atoms with Gasteiger partial charge in [-0.25, -0.2) is 19.6 Å². The van der Waals surface area contributed by atoms with Gasteiger partial charge in [-0.15, -0.1) is 0 Å². The third kappa shape index (κ3) is 8.70. The highest BCUT2D eigenvalue weighted by Crippen LogP contribution is 2.54. The highest BCUT2D eigenvalue weighted by Gasteiger charge is 2.44. The monoisotopic (exact) mass is 965 g/mol. The van der Waals surface area contributed by atoms with Crippen LogP contribution in [0.5, 0.6) is 0 Å². The van der Waals surface area contributed by atoms with Crippen LogP contribution in [0, 0.1) is 16.7 Å². The lowest BCUT2D eigenvalue weighted by Crippen LogP contribution is -2.54. The van der Waals surface area contributed by atoms with Gasteiger partial charge in [0, 0.05) is 18.7 Å². The van der Waals surface area contributed by atoms with Crippen LogP contribution in [-0.2, 0) is 31.9 Å². The molecule has 372 valence electrons. The number of benzene rings is 3. The molecule has 6 aromatic rings. The first-order valence-electron chi connectivity index (χ1n) is 25.0. The van der Waals surface area contributed by atoms with Crippen molar-refractivity contribution in [2.45, 2.75) is 123 Å². The fraction of sp³-hybridized carbons (Fsp3) is 0.481. The fourth-order valence-corrected chi connectivity index (χ4v) is 11.9. The van der Waals surface area contributed by atoms with Crippen LogP contribution in [0.2, 0.25) is 0 Å². The van der Waals surface area contributed by atoms with Crippen molar-refractivity contribution in [1.82, 2.24) is 45.5 Å². The Hall–Kier alpha value is -7.04. The number of nitrogens with zero attached hydrogens (tertiary/aromatic N) is 5. The maximum atomic E-state index is 14.1. The van der Waals surface area contributed by atoms with Gasteiger partial charge < -0.3 is 44.4 Å². The number of aromatic amines is 2. The van der Waals surface area contributed by atoms with Crippen molar-refractivity contribution in [2.75, 3.05) is 27.3 Å². The van der Waals surface area contributed by atoms with E-state index in [1.54, 1.807) is 22.2 Å². The molecule has 4 unspecified atom stereocenters. The minimum absolute atomic E-state index is 0.144. The van der Waals surface area contributed by atoms with Gasteiger partial charge in [0.15, 0.2) is 5.58 Å². The molecule has 4 amide bonds. The highest BCUT2D eigenvalue weighted by molar-refractivity contribution is 6.02. The number of nitrogens with one attached hydrogen (secondary N) is 4. The number of alkyl carbamates (subject to hydrolysis) is 2. The summed E-state index contributed by atoms with van der Waals surface area (Å²) in [5.41, 5.74) is 8.83. The summed E-state index contributed by atoms with van der Waals surface area (Å²) in [6.07, 6.45) is 11.8. The minimum atomic E-state index is -0.836. The summed E-state index contributed by atoms with van der Waals surface area (Å²) in [5.74, 6) is 0.534. The summed E-state index contributed by atoms with van der Waals surface area (Å²) in [6, 6.07) is 12.2. The van der Waals surface area contributed by atoms with E-state index in [4.69, 9.17) is 24.0 Å². The zero-order chi connectivity index (χ0) is 49.9. The molecule has 3 aromatic heterocycles. The van der Waals surface area contributed by atoms with E-state index in [-0.39, 0.29) is 34.7 Å². The number of imidazole rings is 1. The molecule has 2 saturated heterocycles. The number of rotatable bonds is 10. The number of amides is 4. The molecule has 0 radical (unpaired) electrons. The van der Waals surface area contributed by atoms with Gasteiger partial charge in [-0.3, -0.25) is 14.4 Å². The predicted molar refractivity (Wildman–Crippen MR) is 267 cm³/mol. The molecule has 4 atom stereocenters. The number of ether oxygens (including phenoxy) is 2. The second-order valence-corrected chi connectivity index (χ2v) is 21.4. The molecule has 3 aromatic carbocycles. The molecule has 0 bridgehead atoms. The van der Waals surface area contributed by atoms with E-state index in [0.29, 0.717) is 47.6 Å². The van der Waals surface area contributed by atoms with Crippen molar-refractivity contribution in [3.8, 4) is 33.5 Å². The normalized spacial score (nSPS) is 19.4. The fourth-order valence-electron chi connectivity index (χ4n) is 11.9. The highest BCUT2D eigenvalue weighted by atomic mass is 16.5. The maximum absolute atomic E-state index is 14.1. The van der Waals surface area contributed by atoms with Crippen molar-refractivity contribution in [1.29, 1.82) is 0 Å². The van der Waals surface area contributed by atoms with E-state index in [0.717, 1.165) is 83.8 Å². The van der Waals surface area contributed by atoms with Crippen LogP contribution < -0.4 is 16.2 Å². The van der Waals surface area contributed by atoms with Gasteiger partial charge in [0.1, 0.15) is 23.7 Å². The summed E-state index contributed by atoms with van der Waals surface area (Å²) in [6.45, 7) is 10.5. The summed E-state index contributed by atoms with van der Waals surface area (Å²) in [4.78, 5) is 86.2. The Labute approximate surface area is 411 Å². The smallest absolute Gasteiger partial charge is 0.407 e. The summed E-state index contributed by atoms with van der Waals surface area (Å²) < 4.78 is 15.7. The molecule has 1 spiro atoms. The molecule has 4 aliphatic rings. The summed E-state index contributed by atoms with van der Waals surface area (Å²) >= 11 is 0. The molecule has 4 N–H and O–H groups in total. The Morgan fingerprint density at radius 3 is 2.08 bits per heavy atom. The summed E-state index contributed by atoms with van der Waals surface area (Å²) in [7, 11) is 2.56. The van der Waals surface area contributed by atoms with Crippen molar-refractivity contribution >= 4 is 45.9 Å². The number of likely N-dealkylation sites (tertiary alicyclic amines) is 2. The van der Waals surface area contributed by atoms with E-state index in [1.165, 1.54) is 38.2 Å². The van der Waals surface area contributed by atoms with Crippen LogP contribution in [0.4, 0.5) is 9.59 Å². The first kappa shape index (κ1) is 47.6. The topological polar surface area (TPSA) is 218 Å². The van der Waals surface area contributed by atoms with Crippen LogP contribution in [0.1, 0.15) is 121 Å². The Kier molecular flexibility index (Phi) is 12.5. The van der Waals surface area contributed by atoms with Crippen LogP contribution >= 0.6 is 0 Å². The molecule has 17 heteroatoms. The molecule has 1 saturated carbocycles. The van der Waals surface area contributed by atoms with Gasteiger partial charge in [0.25, 0.3) is 5.56 Å². The SMILES string of the molecule is COC(=O)NC(C(=O)N1CCCC1c1ncc(-c2ccc(-c3ccc(-c4ccc5nc(C6CCCN6C(=O)C(NC(=O)OC)C(C)(C)C)[nH]c(=O)c5c4)c4c3CC3(CCCC3)C4)c3cnoc23)[nH]1)C(C)C. The lowest BCUT2D eigenvalue weighted by molar-refractivity contribution is -0.137. The molecule has 3 fully saturated rings. The molecule has 5 heterocycles. The van der Waals surface area contributed by atoms with Crippen molar-refractivity contribution in [3.63, 3.8) is 0 Å². The third-order valence-electron chi connectivity index (χ3n) is 15.6. The number of hydrogen-bond donors (Lipinski definition) is 4. The number of fused-ring (bicyclic) bond motifs is 3. The molecule has 17 nitrogen and oxygen atoms in total. The van der Waals surface area contributed by atoms with Gasteiger partial charge in [-0.2, -0.15) is 0 Å². The number of carbonyl (C=O) groups excluding carboxylic acids is 4. The summed E-state index contributed by atoms with van der Waals surface area (Å²) in [5, 5.41) is 11.1. The van der Waals surface area contributed by atoms with Gasteiger partial charge in [-0.1, -0.05) is 76.9 Å². The Balaban J connectivity index is 0.956. The molecular formula is C54H63N9O8. The van der Waals surface area contributed by atoms with Gasteiger partial charge in [0.05, 0.1) is 60.7 Å². The van der Waals surface area contributed by atoms with E-state index < -0.39 is 35.7 Å². The van der Waals surface area contributed by atoms with Crippen LogP contribution in [0.25, 0.3) is 55.4 Å². The van der Waals surface area contributed by atoms with Crippen molar-refractivity contribution < 1.29 is 33.2 Å². The quantitative estimate of drug-likeness (QED) is 0.102. The second-order valence-electron chi connectivity index (χ2n) is 21.4. The number of carbonyl (C=O) groups is 4. The number of H-pyrrole nitrogens is 2. The van der Waals surface area contributed by atoms with E-state index in [2.05, 4.69) is 50.0 Å². The minimum Gasteiger partial charge on any atom is -0.453 e.